The molecule has 4 atom stereocenters. The van der Waals surface area contributed by atoms with Crippen LogP contribution < -0.4 is 10.6 Å². The fourth-order valence-electron chi connectivity index (χ4n) is 3.91. The summed E-state index contributed by atoms with van der Waals surface area (Å²) in [5.41, 5.74) is -0.420. The summed E-state index contributed by atoms with van der Waals surface area (Å²) in [6.07, 6.45) is 7.56. The van der Waals surface area contributed by atoms with E-state index < -0.39 is 5.60 Å². The molecular weight excluding hydrogens is 276 g/mol. The van der Waals surface area contributed by atoms with Crippen LogP contribution in [0.1, 0.15) is 66.2 Å². The first-order valence-corrected chi connectivity index (χ1v) is 9.03. The van der Waals surface area contributed by atoms with Gasteiger partial charge in [-0.25, -0.2) is 4.79 Å². The number of nitrogens with one attached hydrogen (secondary N) is 2. The van der Waals surface area contributed by atoms with Crippen LogP contribution in [0, 0.1) is 17.8 Å². The molecule has 4 unspecified atom stereocenters. The molecule has 2 aliphatic carbocycles. The minimum Gasteiger partial charge on any atom is -0.444 e. The fourth-order valence-corrected chi connectivity index (χ4v) is 3.91. The molecule has 2 saturated carbocycles. The monoisotopic (exact) mass is 310 g/mol. The Kier molecular flexibility index (Phi) is 6.13. The highest BCUT2D eigenvalue weighted by Crippen LogP contribution is 2.31. The van der Waals surface area contributed by atoms with Crippen molar-refractivity contribution in [2.24, 2.45) is 17.8 Å². The minimum absolute atomic E-state index is 0.289. The molecule has 22 heavy (non-hydrogen) atoms. The van der Waals surface area contributed by atoms with Gasteiger partial charge in [-0.1, -0.05) is 19.8 Å². The zero-order valence-corrected chi connectivity index (χ0v) is 14.8. The molecule has 2 fully saturated rings. The first-order valence-electron chi connectivity index (χ1n) is 9.03. The van der Waals surface area contributed by atoms with E-state index in [0.29, 0.717) is 12.0 Å². The molecule has 128 valence electrons. The standard InChI is InChI=1S/C18H34N2O2/c1-13-8-9-14(10-13)11-19-16-7-5-6-15(16)12-20-17(21)22-18(2,3)4/h13-16,19H,5-12H2,1-4H3,(H,20,21). The number of ether oxygens (including phenoxy) is 1. The van der Waals surface area contributed by atoms with Crippen molar-refractivity contribution in [1.82, 2.24) is 10.6 Å². The van der Waals surface area contributed by atoms with E-state index in [1.54, 1.807) is 0 Å². The Morgan fingerprint density at radius 3 is 2.55 bits per heavy atom. The zero-order valence-electron chi connectivity index (χ0n) is 14.8. The predicted molar refractivity (Wildman–Crippen MR) is 89.9 cm³/mol. The summed E-state index contributed by atoms with van der Waals surface area (Å²) in [7, 11) is 0. The molecule has 0 radical (unpaired) electrons. The Morgan fingerprint density at radius 1 is 1.14 bits per heavy atom. The zero-order chi connectivity index (χ0) is 16.2. The van der Waals surface area contributed by atoms with Gasteiger partial charge in [0.2, 0.25) is 0 Å². The van der Waals surface area contributed by atoms with Gasteiger partial charge in [0.15, 0.2) is 0 Å². The van der Waals surface area contributed by atoms with Crippen LogP contribution in [0.15, 0.2) is 0 Å². The quantitative estimate of drug-likeness (QED) is 0.814. The molecule has 2 N–H and O–H groups in total. The van der Waals surface area contributed by atoms with Gasteiger partial charge in [0.25, 0.3) is 0 Å². The van der Waals surface area contributed by atoms with Gasteiger partial charge in [0.05, 0.1) is 0 Å². The average molecular weight is 310 g/mol. The summed E-state index contributed by atoms with van der Waals surface area (Å²) in [6.45, 7) is 9.94. The topological polar surface area (TPSA) is 50.4 Å². The summed E-state index contributed by atoms with van der Waals surface area (Å²) < 4.78 is 5.32. The van der Waals surface area contributed by atoms with Crippen LogP contribution in [0.2, 0.25) is 0 Å². The van der Waals surface area contributed by atoms with Crippen LogP contribution in [0.5, 0.6) is 0 Å². The van der Waals surface area contributed by atoms with Crippen molar-refractivity contribution in [3.8, 4) is 0 Å². The second-order valence-corrected chi connectivity index (χ2v) is 8.37. The van der Waals surface area contributed by atoms with Gasteiger partial charge >= 0.3 is 6.09 Å². The Bertz CT molecular complexity index is 365. The van der Waals surface area contributed by atoms with E-state index in [4.69, 9.17) is 4.74 Å². The summed E-state index contributed by atoms with van der Waals surface area (Å²) in [5, 5.41) is 6.72. The third kappa shape index (κ3) is 5.79. The van der Waals surface area contributed by atoms with E-state index in [-0.39, 0.29) is 6.09 Å². The number of amides is 1. The van der Waals surface area contributed by atoms with E-state index in [0.717, 1.165) is 24.9 Å². The summed E-state index contributed by atoms with van der Waals surface area (Å²) in [4.78, 5) is 11.8. The summed E-state index contributed by atoms with van der Waals surface area (Å²) >= 11 is 0. The maximum absolute atomic E-state index is 11.8. The van der Waals surface area contributed by atoms with Crippen LogP contribution in [0.3, 0.4) is 0 Å². The SMILES string of the molecule is CC1CCC(CNC2CCCC2CNC(=O)OC(C)(C)C)C1. The third-order valence-corrected chi connectivity index (χ3v) is 5.04. The molecule has 1 amide bonds. The lowest BCUT2D eigenvalue weighted by atomic mass is 10.0. The molecule has 0 aromatic heterocycles. The van der Waals surface area contributed by atoms with Gasteiger partial charge < -0.3 is 15.4 Å². The first-order chi connectivity index (χ1) is 10.3. The van der Waals surface area contributed by atoms with Crippen molar-refractivity contribution in [3.05, 3.63) is 0 Å². The van der Waals surface area contributed by atoms with E-state index in [1.165, 1.54) is 38.5 Å². The Hall–Kier alpha value is -0.770. The maximum Gasteiger partial charge on any atom is 0.407 e. The predicted octanol–water partition coefficient (Wildman–Crippen LogP) is 3.71. The molecular formula is C18H34N2O2. The summed E-state index contributed by atoms with van der Waals surface area (Å²) in [6, 6.07) is 0.561. The van der Waals surface area contributed by atoms with E-state index in [2.05, 4.69) is 17.6 Å². The fraction of sp³-hybridized carbons (Fsp3) is 0.944. The molecule has 4 nitrogen and oxygen atoms in total. The second kappa shape index (κ2) is 7.67. The number of rotatable bonds is 5. The minimum atomic E-state index is -0.420. The van der Waals surface area contributed by atoms with Crippen molar-refractivity contribution in [2.45, 2.75) is 77.9 Å². The molecule has 0 heterocycles. The van der Waals surface area contributed by atoms with Gasteiger partial charge in [-0.15, -0.1) is 0 Å². The Balaban J connectivity index is 1.68. The van der Waals surface area contributed by atoms with Crippen LogP contribution >= 0.6 is 0 Å². The van der Waals surface area contributed by atoms with Crippen LogP contribution in [-0.4, -0.2) is 30.8 Å². The summed E-state index contributed by atoms with van der Waals surface area (Å²) in [5.74, 6) is 2.31. The Labute approximate surface area is 135 Å². The number of alkyl carbamates (subject to hydrolysis) is 1. The first kappa shape index (κ1) is 17.6. The maximum atomic E-state index is 11.8. The smallest absolute Gasteiger partial charge is 0.407 e. The van der Waals surface area contributed by atoms with Gasteiger partial charge in [-0.05, 0) is 70.8 Å². The molecule has 0 aromatic carbocycles. The van der Waals surface area contributed by atoms with Gasteiger partial charge in [0.1, 0.15) is 5.60 Å². The van der Waals surface area contributed by atoms with E-state index >= 15 is 0 Å². The van der Waals surface area contributed by atoms with Crippen LogP contribution in [-0.2, 0) is 4.74 Å². The number of carbonyl (C=O) groups is 1. The molecule has 0 aromatic rings. The second-order valence-electron chi connectivity index (χ2n) is 8.37. The number of hydrogen-bond donors (Lipinski definition) is 2. The van der Waals surface area contributed by atoms with Gasteiger partial charge in [-0.3, -0.25) is 0 Å². The third-order valence-electron chi connectivity index (χ3n) is 5.04. The highest BCUT2D eigenvalue weighted by atomic mass is 16.6. The van der Waals surface area contributed by atoms with Crippen molar-refractivity contribution in [3.63, 3.8) is 0 Å². The van der Waals surface area contributed by atoms with Gasteiger partial charge in [0, 0.05) is 12.6 Å². The normalized spacial score (nSPS) is 32.2. The van der Waals surface area contributed by atoms with Crippen molar-refractivity contribution in [2.75, 3.05) is 13.1 Å². The van der Waals surface area contributed by atoms with Crippen LogP contribution in [0.4, 0.5) is 4.79 Å². The van der Waals surface area contributed by atoms with Crippen molar-refractivity contribution >= 4 is 6.09 Å². The molecule has 0 aliphatic heterocycles. The molecule has 4 heteroatoms. The van der Waals surface area contributed by atoms with Crippen LogP contribution in [0.25, 0.3) is 0 Å². The highest BCUT2D eigenvalue weighted by Gasteiger charge is 2.29. The lowest BCUT2D eigenvalue weighted by molar-refractivity contribution is 0.0517. The Morgan fingerprint density at radius 2 is 1.91 bits per heavy atom. The molecule has 2 aliphatic rings. The molecule has 0 bridgehead atoms. The lowest BCUT2D eigenvalue weighted by Gasteiger charge is -2.24. The molecule has 0 saturated heterocycles. The molecule has 2 rings (SSSR count). The van der Waals surface area contributed by atoms with Crippen molar-refractivity contribution < 1.29 is 9.53 Å². The van der Waals surface area contributed by atoms with E-state index in [9.17, 15) is 4.79 Å². The largest absolute Gasteiger partial charge is 0.444 e. The molecule has 0 spiro atoms. The number of carbonyl (C=O) groups excluding carboxylic acids is 1. The number of hydrogen-bond acceptors (Lipinski definition) is 3. The highest BCUT2D eigenvalue weighted by molar-refractivity contribution is 5.67. The average Bonchev–Trinajstić information content (AvgIpc) is 3.00. The van der Waals surface area contributed by atoms with E-state index in [1.807, 2.05) is 20.8 Å². The van der Waals surface area contributed by atoms with Gasteiger partial charge in [-0.2, -0.15) is 0 Å². The van der Waals surface area contributed by atoms with Crippen molar-refractivity contribution in [1.29, 1.82) is 0 Å². The lowest BCUT2D eigenvalue weighted by Crippen LogP contribution is -2.42.